The predicted molar refractivity (Wildman–Crippen MR) is 130 cm³/mol. The van der Waals surface area contributed by atoms with Crippen molar-refractivity contribution in [1.29, 1.82) is 0 Å². The molecule has 2 unspecified atom stereocenters. The second kappa shape index (κ2) is 12.2. The van der Waals surface area contributed by atoms with Crippen LogP contribution in [0.1, 0.15) is 28.4 Å². The minimum atomic E-state index is -4.61. The Morgan fingerprint density at radius 1 is 0.925 bits per heavy atom. The van der Waals surface area contributed by atoms with Crippen LogP contribution < -0.4 is 0 Å². The lowest BCUT2D eigenvalue weighted by atomic mass is 9.97. The van der Waals surface area contributed by atoms with Crippen molar-refractivity contribution in [3.63, 3.8) is 0 Å². The van der Waals surface area contributed by atoms with E-state index in [9.17, 15) is 41.0 Å². The van der Waals surface area contributed by atoms with Crippen molar-refractivity contribution in [2.75, 3.05) is 14.2 Å². The van der Waals surface area contributed by atoms with E-state index >= 15 is 0 Å². The lowest BCUT2D eigenvalue weighted by Gasteiger charge is -2.22. The highest BCUT2D eigenvalue weighted by molar-refractivity contribution is 9.12. The zero-order valence-electron chi connectivity index (χ0n) is 20.5. The number of rotatable bonds is 5. The largest absolute Gasteiger partial charge is 0.497 e. The zero-order chi connectivity index (χ0) is 29.8. The topological polar surface area (TPSA) is 91.3 Å². The van der Waals surface area contributed by atoms with Crippen LogP contribution in [0, 0.1) is 0 Å². The molecule has 0 saturated heterocycles. The van der Waals surface area contributed by atoms with Gasteiger partial charge in [0.2, 0.25) is 0 Å². The summed E-state index contributed by atoms with van der Waals surface area (Å²) in [5, 5.41) is 10.1. The molecule has 7 nitrogen and oxygen atoms in total. The Morgan fingerprint density at radius 3 is 2.08 bits per heavy atom. The lowest BCUT2D eigenvalue weighted by molar-refractivity contribution is -0.146. The molecule has 2 atom stereocenters. The average Bonchev–Trinajstić information content (AvgIpc) is 3.40. The number of carbonyl (C=O) groups excluding carboxylic acids is 2. The molecule has 0 amide bonds. The summed E-state index contributed by atoms with van der Waals surface area (Å²) in [5.74, 6) is -1.50. The molecule has 0 spiro atoms. The van der Waals surface area contributed by atoms with Gasteiger partial charge in [0, 0.05) is 0 Å². The predicted octanol–water partition coefficient (Wildman–Crippen LogP) is 6.05. The monoisotopic (exact) mass is 636 g/mol. The van der Waals surface area contributed by atoms with Gasteiger partial charge < -0.3 is 24.1 Å². The van der Waals surface area contributed by atoms with Crippen molar-refractivity contribution < 1.29 is 60.0 Å². The van der Waals surface area contributed by atoms with Gasteiger partial charge in [0.05, 0.1) is 31.4 Å². The second-order valence-corrected chi connectivity index (χ2v) is 8.76. The normalized spacial score (nSPS) is 19.0. The maximum absolute atomic E-state index is 12.9. The number of aliphatic hydroxyl groups is 1. The first-order valence-corrected chi connectivity index (χ1v) is 11.8. The molecule has 4 rings (SSSR count). The van der Waals surface area contributed by atoms with Crippen molar-refractivity contribution in [1.82, 2.24) is 0 Å². The Labute approximate surface area is 231 Å². The highest BCUT2D eigenvalue weighted by Crippen LogP contribution is 2.38. The molecular weight excluding hydrogens is 618 g/mol. The van der Waals surface area contributed by atoms with E-state index in [1.807, 2.05) is 0 Å². The standard InChI is InChI=1S/C13H8BrF3O3.C13H11F3O4/c1-19-11-9(20-12(18)10(11)14)6-7-4-2-3-5-8(7)13(15,16)17;1-19-9-6-10(17)20-12(9)11(18)7-4-2-3-5-8(7)13(14,15)16/h2-6H,1H3;2-6,11-12,18H,1H3/b9-6-;. The Morgan fingerprint density at radius 2 is 1.50 bits per heavy atom. The molecule has 2 aromatic carbocycles. The van der Waals surface area contributed by atoms with Gasteiger partial charge in [0.15, 0.2) is 17.6 Å². The molecule has 2 aliphatic heterocycles. The molecular formula is C26H19BrF6O7. The van der Waals surface area contributed by atoms with Gasteiger partial charge in [0.25, 0.3) is 0 Å². The average molecular weight is 637 g/mol. The number of aliphatic hydroxyl groups excluding tert-OH is 1. The number of cyclic esters (lactones) is 2. The summed E-state index contributed by atoms with van der Waals surface area (Å²) in [6.07, 6.45) is -9.94. The Hall–Kier alpha value is -3.78. The van der Waals surface area contributed by atoms with Crippen LogP contribution in [-0.4, -0.2) is 37.4 Å². The molecule has 2 aromatic rings. The number of esters is 2. The minimum Gasteiger partial charge on any atom is -0.497 e. The molecule has 0 radical (unpaired) electrons. The number of methoxy groups -OCH3 is 2. The summed E-state index contributed by atoms with van der Waals surface area (Å²) in [5.41, 5.74) is -2.28. The van der Waals surface area contributed by atoms with E-state index in [-0.39, 0.29) is 32.9 Å². The number of hydrogen-bond donors (Lipinski definition) is 1. The Balaban J connectivity index is 0.000000220. The molecule has 1 N–H and O–H groups in total. The molecule has 0 aliphatic carbocycles. The third-order valence-electron chi connectivity index (χ3n) is 5.45. The number of benzene rings is 2. The van der Waals surface area contributed by atoms with Crippen LogP contribution in [0.4, 0.5) is 26.3 Å². The number of halogens is 7. The summed E-state index contributed by atoms with van der Waals surface area (Å²) in [7, 11) is 2.53. The van der Waals surface area contributed by atoms with E-state index in [1.165, 1.54) is 44.6 Å². The van der Waals surface area contributed by atoms with Crippen molar-refractivity contribution in [2.45, 2.75) is 24.6 Å². The van der Waals surface area contributed by atoms with E-state index in [1.54, 1.807) is 0 Å². The maximum Gasteiger partial charge on any atom is 0.416 e. The highest BCUT2D eigenvalue weighted by Gasteiger charge is 2.41. The first-order chi connectivity index (χ1) is 18.7. The first-order valence-electron chi connectivity index (χ1n) is 11.0. The quantitative estimate of drug-likeness (QED) is 0.316. The first kappa shape index (κ1) is 30.8. The van der Waals surface area contributed by atoms with Crippen LogP contribution in [0.15, 0.2) is 76.4 Å². The number of alkyl halides is 6. The number of carbonyl (C=O) groups is 2. The molecule has 2 aliphatic rings. The van der Waals surface area contributed by atoms with Crippen molar-refractivity contribution in [3.05, 3.63) is 98.6 Å². The van der Waals surface area contributed by atoms with Gasteiger partial charge in [-0.3, -0.25) is 0 Å². The summed E-state index contributed by atoms with van der Waals surface area (Å²) in [6.45, 7) is 0. The van der Waals surface area contributed by atoms with Gasteiger partial charge in [-0.1, -0.05) is 36.4 Å². The van der Waals surface area contributed by atoms with Gasteiger partial charge in [-0.15, -0.1) is 0 Å². The fourth-order valence-corrected chi connectivity index (χ4v) is 4.12. The number of hydrogen-bond acceptors (Lipinski definition) is 7. The Kier molecular flexibility index (Phi) is 9.36. The van der Waals surface area contributed by atoms with Crippen LogP contribution in [0.5, 0.6) is 0 Å². The molecule has 214 valence electrons. The van der Waals surface area contributed by atoms with Crippen LogP contribution in [0.3, 0.4) is 0 Å². The van der Waals surface area contributed by atoms with Crippen molar-refractivity contribution in [3.8, 4) is 0 Å². The molecule has 0 saturated carbocycles. The highest BCUT2D eigenvalue weighted by atomic mass is 79.9. The summed E-state index contributed by atoms with van der Waals surface area (Å²) >= 11 is 2.96. The third kappa shape index (κ3) is 6.86. The van der Waals surface area contributed by atoms with E-state index in [0.29, 0.717) is 0 Å². The summed E-state index contributed by atoms with van der Waals surface area (Å²) < 4.78 is 96.7. The van der Waals surface area contributed by atoms with Crippen LogP contribution >= 0.6 is 15.9 Å². The zero-order valence-corrected chi connectivity index (χ0v) is 22.1. The van der Waals surface area contributed by atoms with Gasteiger partial charge in [0.1, 0.15) is 16.3 Å². The lowest BCUT2D eigenvalue weighted by Crippen LogP contribution is -2.25. The minimum absolute atomic E-state index is 0.0144. The third-order valence-corrected chi connectivity index (χ3v) is 6.14. The van der Waals surface area contributed by atoms with E-state index in [2.05, 4.69) is 15.9 Å². The van der Waals surface area contributed by atoms with Gasteiger partial charge in [-0.05, 0) is 45.3 Å². The smallest absolute Gasteiger partial charge is 0.416 e. The molecule has 14 heteroatoms. The maximum atomic E-state index is 12.9. The molecule has 0 fully saturated rings. The van der Waals surface area contributed by atoms with Gasteiger partial charge in [-0.2, -0.15) is 26.3 Å². The number of ether oxygens (including phenoxy) is 4. The van der Waals surface area contributed by atoms with Crippen LogP contribution in [0.25, 0.3) is 6.08 Å². The van der Waals surface area contributed by atoms with Crippen molar-refractivity contribution in [2.24, 2.45) is 0 Å². The fourth-order valence-electron chi connectivity index (χ4n) is 3.69. The second-order valence-electron chi connectivity index (χ2n) is 7.97. The van der Waals surface area contributed by atoms with Gasteiger partial charge in [-0.25, -0.2) is 9.59 Å². The summed E-state index contributed by atoms with van der Waals surface area (Å²) in [6, 6.07) is 9.54. The van der Waals surface area contributed by atoms with Crippen LogP contribution in [0.2, 0.25) is 0 Å². The fraction of sp³-hybridized carbons (Fsp3) is 0.231. The van der Waals surface area contributed by atoms with E-state index < -0.39 is 47.6 Å². The SMILES string of the molecule is COC1=C(Br)C(=O)O/C1=C\c1ccccc1C(F)(F)F.COC1=CC(=O)OC1C(O)c1ccccc1C(F)(F)F. The van der Waals surface area contributed by atoms with E-state index in [4.69, 9.17) is 18.9 Å². The summed E-state index contributed by atoms with van der Waals surface area (Å²) in [4.78, 5) is 22.5. The van der Waals surface area contributed by atoms with Crippen molar-refractivity contribution >= 4 is 33.9 Å². The molecule has 2 heterocycles. The molecule has 0 bridgehead atoms. The Bertz CT molecular complexity index is 1380. The van der Waals surface area contributed by atoms with Gasteiger partial charge >= 0.3 is 24.3 Å². The van der Waals surface area contributed by atoms with E-state index in [0.717, 1.165) is 30.4 Å². The van der Waals surface area contributed by atoms with Crippen LogP contribution in [-0.2, 0) is 40.9 Å². The molecule has 0 aromatic heterocycles. The molecule has 40 heavy (non-hydrogen) atoms.